The lowest BCUT2D eigenvalue weighted by Gasteiger charge is -2.11. The summed E-state index contributed by atoms with van der Waals surface area (Å²) in [5.41, 5.74) is 2.92. The monoisotopic (exact) mass is 453 g/mol. The van der Waals surface area contributed by atoms with E-state index in [4.69, 9.17) is 9.72 Å². The normalized spacial score (nSPS) is 13.5. The van der Waals surface area contributed by atoms with Crippen molar-refractivity contribution in [3.63, 3.8) is 0 Å². The third-order valence-electron chi connectivity index (χ3n) is 5.53. The molecule has 5 rings (SSSR count). The number of anilines is 1. The Labute approximate surface area is 188 Å². The van der Waals surface area contributed by atoms with Crippen LogP contribution in [-0.2, 0) is 24.1 Å². The zero-order chi connectivity index (χ0) is 21.4. The van der Waals surface area contributed by atoms with Crippen molar-refractivity contribution in [2.45, 2.75) is 44.2 Å². The fraction of sp³-hybridized carbons (Fsp3) is 0.364. The van der Waals surface area contributed by atoms with Crippen LogP contribution in [0.3, 0.4) is 0 Å². The van der Waals surface area contributed by atoms with Crippen molar-refractivity contribution in [3.8, 4) is 5.75 Å². The number of benzene rings is 1. The molecule has 9 heteroatoms. The van der Waals surface area contributed by atoms with Crippen molar-refractivity contribution in [2.24, 2.45) is 0 Å². The summed E-state index contributed by atoms with van der Waals surface area (Å²) in [5, 5.41) is 13.7. The van der Waals surface area contributed by atoms with E-state index in [2.05, 4.69) is 22.4 Å². The maximum absolute atomic E-state index is 12.6. The summed E-state index contributed by atoms with van der Waals surface area (Å²) in [7, 11) is 1.59. The van der Waals surface area contributed by atoms with Crippen molar-refractivity contribution in [1.29, 1.82) is 0 Å². The lowest BCUT2D eigenvalue weighted by molar-refractivity contribution is -0.113. The average molecular weight is 454 g/mol. The number of hydrogen-bond donors (Lipinski definition) is 1. The number of thiophene rings is 1. The SMILES string of the molecule is CCc1nc2sc3c(c2c2nnc(SCC(=O)Nc4ccccc4OC)n12)CCCC3. The molecule has 0 aliphatic heterocycles. The van der Waals surface area contributed by atoms with Gasteiger partial charge in [0.1, 0.15) is 16.4 Å². The third-order valence-corrected chi connectivity index (χ3v) is 7.64. The molecule has 3 heterocycles. The summed E-state index contributed by atoms with van der Waals surface area (Å²) in [6.07, 6.45) is 5.43. The van der Waals surface area contributed by atoms with Crippen LogP contribution < -0.4 is 10.1 Å². The van der Waals surface area contributed by atoms with Crippen LogP contribution in [0, 0.1) is 0 Å². The van der Waals surface area contributed by atoms with Crippen LogP contribution in [-0.4, -0.2) is 38.4 Å². The summed E-state index contributed by atoms with van der Waals surface area (Å²) in [5.74, 6) is 1.67. The van der Waals surface area contributed by atoms with Gasteiger partial charge in [0.25, 0.3) is 0 Å². The van der Waals surface area contributed by atoms with Gasteiger partial charge in [0, 0.05) is 11.3 Å². The van der Waals surface area contributed by atoms with E-state index >= 15 is 0 Å². The first-order valence-electron chi connectivity index (χ1n) is 10.4. The van der Waals surface area contributed by atoms with Crippen molar-refractivity contribution in [2.75, 3.05) is 18.2 Å². The Bertz CT molecular complexity index is 1280. The molecular formula is C22H23N5O2S2. The van der Waals surface area contributed by atoms with Gasteiger partial charge < -0.3 is 10.1 Å². The Morgan fingerprint density at radius 1 is 1.26 bits per heavy atom. The summed E-state index contributed by atoms with van der Waals surface area (Å²) < 4.78 is 7.34. The highest BCUT2D eigenvalue weighted by Crippen LogP contribution is 2.38. The number of methoxy groups -OCH3 is 1. The number of nitrogens with one attached hydrogen (secondary N) is 1. The van der Waals surface area contributed by atoms with Crippen LogP contribution in [0.4, 0.5) is 5.69 Å². The van der Waals surface area contributed by atoms with E-state index in [1.807, 2.05) is 28.7 Å². The Morgan fingerprint density at radius 3 is 2.94 bits per heavy atom. The van der Waals surface area contributed by atoms with Gasteiger partial charge in [-0.15, -0.1) is 21.5 Å². The van der Waals surface area contributed by atoms with Gasteiger partial charge in [-0.25, -0.2) is 4.98 Å². The van der Waals surface area contributed by atoms with Gasteiger partial charge in [-0.1, -0.05) is 30.8 Å². The maximum atomic E-state index is 12.6. The van der Waals surface area contributed by atoms with Crippen molar-refractivity contribution in [1.82, 2.24) is 19.6 Å². The topological polar surface area (TPSA) is 81.4 Å². The third kappa shape index (κ3) is 3.65. The Morgan fingerprint density at radius 2 is 2.10 bits per heavy atom. The van der Waals surface area contributed by atoms with E-state index in [0.717, 1.165) is 41.0 Å². The van der Waals surface area contributed by atoms with Gasteiger partial charge in [0.15, 0.2) is 10.8 Å². The number of ether oxygens (including phenoxy) is 1. The molecule has 0 radical (unpaired) electrons. The van der Waals surface area contributed by atoms with E-state index in [1.165, 1.54) is 35.0 Å². The Balaban J connectivity index is 1.44. The summed E-state index contributed by atoms with van der Waals surface area (Å²) >= 11 is 3.18. The van der Waals surface area contributed by atoms with Gasteiger partial charge in [-0.2, -0.15) is 0 Å². The summed E-state index contributed by atoms with van der Waals surface area (Å²) in [6, 6.07) is 7.38. The molecule has 1 aromatic carbocycles. The quantitative estimate of drug-likeness (QED) is 0.432. The number of aryl methyl sites for hydroxylation is 3. The number of amides is 1. The lowest BCUT2D eigenvalue weighted by Crippen LogP contribution is -2.15. The molecule has 0 bridgehead atoms. The van der Waals surface area contributed by atoms with Crippen LogP contribution in [0.15, 0.2) is 29.4 Å². The Hall–Kier alpha value is -2.65. The minimum Gasteiger partial charge on any atom is -0.495 e. The van der Waals surface area contributed by atoms with E-state index < -0.39 is 0 Å². The number of carbonyl (C=O) groups excluding carboxylic acids is 1. The number of carbonyl (C=O) groups is 1. The minimum atomic E-state index is -0.119. The molecule has 1 aliphatic carbocycles. The van der Waals surface area contributed by atoms with Crippen LogP contribution in [0.2, 0.25) is 0 Å². The van der Waals surface area contributed by atoms with Crippen molar-refractivity contribution < 1.29 is 9.53 Å². The maximum Gasteiger partial charge on any atom is 0.234 e. The molecule has 0 atom stereocenters. The van der Waals surface area contributed by atoms with Crippen LogP contribution in [0.1, 0.15) is 36.0 Å². The molecule has 0 unspecified atom stereocenters. The molecule has 3 aromatic heterocycles. The van der Waals surface area contributed by atoms with E-state index in [-0.39, 0.29) is 11.7 Å². The smallest absolute Gasteiger partial charge is 0.234 e. The van der Waals surface area contributed by atoms with Crippen molar-refractivity contribution >= 4 is 50.6 Å². The zero-order valence-corrected chi connectivity index (χ0v) is 19.1. The number of fused-ring (bicyclic) bond motifs is 5. The number of hydrogen-bond acceptors (Lipinski definition) is 7. The van der Waals surface area contributed by atoms with Gasteiger partial charge >= 0.3 is 0 Å². The molecule has 7 nitrogen and oxygen atoms in total. The highest BCUT2D eigenvalue weighted by Gasteiger charge is 2.23. The van der Waals surface area contributed by atoms with Crippen molar-refractivity contribution in [3.05, 3.63) is 40.5 Å². The number of thioether (sulfide) groups is 1. The van der Waals surface area contributed by atoms with Crippen LogP contribution in [0.25, 0.3) is 15.9 Å². The largest absolute Gasteiger partial charge is 0.495 e. The van der Waals surface area contributed by atoms with Gasteiger partial charge in [-0.3, -0.25) is 9.20 Å². The minimum absolute atomic E-state index is 0.119. The fourth-order valence-electron chi connectivity index (χ4n) is 4.09. The predicted molar refractivity (Wildman–Crippen MR) is 125 cm³/mol. The zero-order valence-electron chi connectivity index (χ0n) is 17.5. The van der Waals surface area contributed by atoms with Gasteiger partial charge in [0.05, 0.1) is 23.9 Å². The van der Waals surface area contributed by atoms with E-state index in [9.17, 15) is 4.79 Å². The standard InChI is InChI=1S/C22H23N5O2S2/c1-3-17-24-21-19(13-8-4-7-11-16(13)31-21)20-25-26-22(27(17)20)30-12-18(28)23-14-9-5-6-10-15(14)29-2/h5-6,9-10H,3-4,7-8,11-12H2,1-2H3,(H,23,28). The van der Waals surface area contributed by atoms with Crippen LogP contribution >= 0.6 is 23.1 Å². The van der Waals surface area contributed by atoms with E-state index in [0.29, 0.717) is 16.6 Å². The molecule has 0 spiro atoms. The predicted octanol–water partition coefficient (Wildman–Crippen LogP) is 4.52. The summed E-state index contributed by atoms with van der Waals surface area (Å²) in [6.45, 7) is 2.09. The molecule has 4 aromatic rings. The fourth-order valence-corrected chi connectivity index (χ4v) is 6.11. The molecular weight excluding hydrogens is 430 g/mol. The summed E-state index contributed by atoms with van der Waals surface area (Å²) in [4.78, 5) is 20.0. The molecule has 1 N–H and O–H groups in total. The Kier molecular flexibility index (Phi) is 5.54. The molecule has 0 saturated heterocycles. The average Bonchev–Trinajstić information content (AvgIpc) is 3.38. The molecule has 1 amide bonds. The number of aromatic nitrogens is 4. The number of nitrogens with zero attached hydrogens (tertiary/aromatic N) is 4. The van der Waals surface area contributed by atoms with E-state index in [1.54, 1.807) is 18.4 Å². The second kappa shape index (κ2) is 8.47. The highest BCUT2D eigenvalue weighted by atomic mass is 32.2. The molecule has 31 heavy (non-hydrogen) atoms. The first-order valence-corrected chi connectivity index (χ1v) is 12.2. The van der Waals surface area contributed by atoms with Gasteiger partial charge in [-0.05, 0) is 43.4 Å². The highest BCUT2D eigenvalue weighted by molar-refractivity contribution is 7.99. The van der Waals surface area contributed by atoms with Crippen LogP contribution in [0.5, 0.6) is 5.75 Å². The second-order valence-corrected chi connectivity index (χ2v) is 9.48. The molecule has 0 saturated carbocycles. The lowest BCUT2D eigenvalue weighted by atomic mass is 9.97. The first kappa shape index (κ1) is 20.3. The molecule has 1 aliphatic rings. The molecule has 160 valence electrons. The van der Waals surface area contributed by atoms with Gasteiger partial charge in [0.2, 0.25) is 5.91 Å². The second-order valence-electron chi connectivity index (χ2n) is 7.45. The first-order chi connectivity index (χ1) is 15.2. The number of rotatable bonds is 6. The number of para-hydroxylation sites is 2. The molecule has 0 fully saturated rings.